The van der Waals surface area contributed by atoms with Gasteiger partial charge in [-0.15, -0.1) is 0 Å². The van der Waals surface area contributed by atoms with Crippen LogP contribution in [0.25, 0.3) is 0 Å². The van der Waals surface area contributed by atoms with Crippen LogP contribution in [0.1, 0.15) is 52.2 Å². The number of ether oxygens (including phenoxy) is 1. The smallest absolute Gasteiger partial charge is 0.410 e. The molecule has 1 amide bonds. The van der Waals surface area contributed by atoms with Gasteiger partial charge >= 0.3 is 6.09 Å². The monoisotopic (exact) mass is 436 g/mol. The number of carbonyl (C=O) groups excluding carboxylic acids is 1. The van der Waals surface area contributed by atoms with Crippen molar-refractivity contribution in [2.45, 2.75) is 59.5 Å². The van der Waals surface area contributed by atoms with E-state index in [9.17, 15) is 4.79 Å². The molecular weight excluding hydrogens is 406 g/mol. The summed E-state index contributed by atoms with van der Waals surface area (Å²) < 4.78 is 6.37. The molecule has 1 aliphatic heterocycles. The lowest BCUT2D eigenvalue weighted by molar-refractivity contribution is -0.504. The quantitative estimate of drug-likeness (QED) is 0.546. The summed E-state index contributed by atoms with van der Waals surface area (Å²) in [6.45, 7) is 10.8. The van der Waals surface area contributed by atoms with Crippen molar-refractivity contribution in [3.8, 4) is 0 Å². The molecule has 0 spiro atoms. The van der Waals surface area contributed by atoms with Crippen LogP contribution in [0, 0.1) is 5.41 Å². The van der Waals surface area contributed by atoms with E-state index in [1.165, 1.54) is 16.8 Å². The average Bonchev–Trinajstić information content (AvgIpc) is 2.60. The predicted octanol–water partition coefficient (Wildman–Crippen LogP) is 4.27. The SMILES string of the molecule is CCc1cccc(CC)c1[NH2+]/C(Br)=C1/CN(C(=O)OC(C)(C)C)CCC1=N. The number of hydrogen-bond donors (Lipinski definition) is 2. The van der Waals surface area contributed by atoms with E-state index in [4.69, 9.17) is 10.1 Å². The normalized spacial score (nSPS) is 17.1. The Morgan fingerprint density at radius 2 is 1.85 bits per heavy atom. The number of amides is 1. The molecule has 0 saturated carbocycles. The van der Waals surface area contributed by atoms with Crippen molar-refractivity contribution >= 4 is 33.4 Å². The van der Waals surface area contributed by atoms with Gasteiger partial charge in [-0.3, -0.25) is 5.32 Å². The van der Waals surface area contributed by atoms with Crippen LogP contribution in [0.3, 0.4) is 0 Å². The number of quaternary nitrogens is 1. The van der Waals surface area contributed by atoms with Gasteiger partial charge < -0.3 is 15.0 Å². The molecule has 0 atom stereocenters. The van der Waals surface area contributed by atoms with Crippen LogP contribution in [-0.4, -0.2) is 35.4 Å². The zero-order chi connectivity index (χ0) is 20.2. The van der Waals surface area contributed by atoms with Crippen LogP contribution < -0.4 is 5.32 Å². The molecule has 0 radical (unpaired) electrons. The van der Waals surface area contributed by atoms with E-state index in [1.807, 2.05) is 20.8 Å². The zero-order valence-corrected chi connectivity index (χ0v) is 18.6. The molecule has 1 heterocycles. The fraction of sp³-hybridized carbons (Fsp3) is 0.524. The average molecular weight is 437 g/mol. The number of nitrogens with zero attached hydrogens (tertiary/aromatic N) is 1. The molecule has 1 aromatic rings. The van der Waals surface area contributed by atoms with Gasteiger partial charge in [0.25, 0.3) is 0 Å². The summed E-state index contributed by atoms with van der Waals surface area (Å²) in [5.41, 5.74) is 4.69. The highest BCUT2D eigenvalue weighted by molar-refractivity contribution is 9.11. The number of piperidine rings is 1. The Kier molecular flexibility index (Phi) is 7.23. The number of carbonyl (C=O) groups is 1. The minimum atomic E-state index is -0.522. The molecule has 3 N–H and O–H groups in total. The summed E-state index contributed by atoms with van der Waals surface area (Å²) in [6.07, 6.45) is 2.12. The first-order valence-electron chi connectivity index (χ1n) is 9.56. The van der Waals surface area contributed by atoms with E-state index in [1.54, 1.807) is 4.90 Å². The van der Waals surface area contributed by atoms with Crippen LogP contribution in [0.15, 0.2) is 28.4 Å². The molecule has 27 heavy (non-hydrogen) atoms. The summed E-state index contributed by atoms with van der Waals surface area (Å²) in [6, 6.07) is 6.40. The first kappa shape index (κ1) is 21.6. The second-order valence-corrected chi connectivity index (χ2v) is 8.65. The second kappa shape index (κ2) is 9.02. The van der Waals surface area contributed by atoms with Crippen LogP contribution in [0.4, 0.5) is 10.5 Å². The van der Waals surface area contributed by atoms with Gasteiger partial charge in [0.2, 0.25) is 0 Å². The molecule has 148 valence electrons. The lowest BCUT2D eigenvalue weighted by Crippen LogP contribution is -2.76. The molecule has 1 saturated heterocycles. The fourth-order valence-electron chi connectivity index (χ4n) is 3.15. The largest absolute Gasteiger partial charge is 0.444 e. The van der Waals surface area contributed by atoms with Crippen molar-refractivity contribution < 1.29 is 14.8 Å². The molecule has 0 unspecified atom stereocenters. The predicted molar refractivity (Wildman–Crippen MR) is 113 cm³/mol. The van der Waals surface area contributed by atoms with Crippen molar-refractivity contribution in [1.82, 2.24) is 4.90 Å². The van der Waals surface area contributed by atoms with Gasteiger partial charge in [-0.1, -0.05) is 32.0 Å². The third-order valence-corrected chi connectivity index (χ3v) is 5.31. The summed E-state index contributed by atoms with van der Waals surface area (Å²) in [7, 11) is 0. The standard InChI is InChI=1S/C21H30BrN3O2/c1-6-14-9-8-10-15(7-2)18(14)24-19(22)16-13-25(12-11-17(16)23)20(26)27-21(3,4)5/h8-10,23-24H,6-7,11-13H2,1-5H3/p+1/b19-16-,23-17?. The lowest BCUT2D eigenvalue weighted by Gasteiger charge is -2.31. The van der Waals surface area contributed by atoms with Crippen LogP contribution >= 0.6 is 15.9 Å². The first-order valence-corrected chi connectivity index (χ1v) is 10.4. The van der Waals surface area contributed by atoms with Gasteiger partial charge in [0.15, 0.2) is 4.61 Å². The number of para-hydroxylation sites is 1. The van der Waals surface area contributed by atoms with Crippen LogP contribution in [0.2, 0.25) is 0 Å². The van der Waals surface area contributed by atoms with Gasteiger partial charge in [0.1, 0.15) is 11.3 Å². The minimum absolute atomic E-state index is 0.323. The van der Waals surface area contributed by atoms with E-state index >= 15 is 0 Å². The molecule has 1 aromatic carbocycles. The molecule has 1 aliphatic rings. The number of benzene rings is 1. The Balaban J connectivity index is 2.27. The molecular formula is C21H31BrN3O2+. The third-order valence-electron chi connectivity index (χ3n) is 4.60. The van der Waals surface area contributed by atoms with Gasteiger partial charge in [-0.25, -0.2) is 4.79 Å². The summed E-state index contributed by atoms with van der Waals surface area (Å²) in [5.74, 6) is 0. The number of nitrogens with one attached hydrogen (secondary N) is 1. The van der Waals surface area contributed by atoms with Crippen molar-refractivity contribution in [2.75, 3.05) is 13.1 Å². The molecule has 0 aromatic heterocycles. The number of likely N-dealkylation sites (tertiary alicyclic amines) is 1. The number of halogens is 1. The van der Waals surface area contributed by atoms with E-state index in [-0.39, 0.29) is 6.09 Å². The van der Waals surface area contributed by atoms with Crippen LogP contribution in [-0.2, 0) is 17.6 Å². The molecule has 1 fully saturated rings. The Hall–Kier alpha value is -1.66. The molecule has 0 bridgehead atoms. The van der Waals surface area contributed by atoms with Crippen molar-refractivity contribution in [2.24, 2.45) is 0 Å². The number of rotatable bonds is 4. The fourth-order valence-corrected chi connectivity index (χ4v) is 3.74. The number of hydrogen-bond acceptors (Lipinski definition) is 3. The Bertz CT molecular complexity index is 728. The Morgan fingerprint density at radius 3 is 2.37 bits per heavy atom. The summed E-state index contributed by atoms with van der Waals surface area (Å²) >= 11 is 3.69. The zero-order valence-electron chi connectivity index (χ0n) is 17.0. The highest BCUT2D eigenvalue weighted by atomic mass is 79.9. The summed E-state index contributed by atoms with van der Waals surface area (Å²) in [5, 5.41) is 10.5. The van der Waals surface area contributed by atoms with E-state index in [0.29, 0.717) is 25.2 Å². The van der Waals surface area contributed by atoms with E-state index in [0.717, 1.165) is 23.0 Å². The van der Waals surface area contributed by atoms with Crippen molar-refractivity contribution in [3.05, 3.63) is 39.5 Å². The van der Waals surface area contributed by atoms with Gasteiger partial charge in [-0.05, 0) is 33.6 Å². The summed E-state index contributed by atoms with van der Waals surface area (Å²) in [4.78, 5) is 14.1. The van der Waals surface area contributed by atoms with Crippen molar-refractivity contribution in [1.29, 1.82) is 5.41 Å². The number of nitrogens with two attached hydrogens (primary N) is 1. The Labute approximate surface area is 170 Å². The maximum absolute atomic E-state index is 12.4. The maximum atomic E-state index is 12.4. The lowest BCUT2D eigenvalue weighted by atomic mass is 10.0. The number of aryl methyl sites for hydroxylation is 2. The van der Waals surface area contributed by atoms with Crippen molar-refractivity contribution in [3.63, 3.8) is 0 Å². The van der Waals surface area contributed by atoms with Gasteiger partial charge in [0.05, 0.1) is 12.1 Å². The van der Waals surface area contributed by atoms with Gasteiger partial charge in [-0.2, -0.15) is 0 Å². The molecule has 6 heteroatoms. The Morgan fingerprint density at radius 1 is 1.26 bits per heavy atom. The maximum Gasteiger partial charge on any atom is 0.410 e. The highest BCUT2D eigenvalue weighted by Gasteiger charge is 2.30. The second-order valence-electron chi connectivity index (χ2n) is 7.80. The van der Waals surface area contributed by atoms with Gasteiger partial charge in [0, 0.05) is 45.7 Å². The van der Waals surface area contributed by atoms with E-state index < -0.39 is 5.60 Å². The first-order chi connectivity index (χ1) is 12.7. The third kappa shape index (κ3) is 5.66. The molecule has 0 aliphatic carbocycles. The minimum Gasteiger partial charge on any atom is -0.444 e. The molecule has 5 nitrogen and oxygen atoms in total. The van der Waals surface area contributed by atoms with E-state index in [2.05, 4.69) is 53.3 Å². The molecule has 2 rings (SSSR count). The van der Waals surface area contributed by atoms with Crippen LogP contribution in [0.5, 0.6) is 0 Å². The topological polar surface area (TPSA) is 70.0 Å². The highest BCUT2D eigenvalue weighted by Crippen LogP contribution is 2.22.